The van der Waals surface area contributed by atoms with Crippen LogP contribution in [0, 0.1) is 12.7 Å². The Morgan fingerprint density at radius 2 is 1.48 bits per heavy atom. The van der Waals surface area contributed by atoms with Crippen molar-refractivity contribution in [1.82, 2.24) is 5.32 Å². The molecule has 0 spiro atoms. The Bertz CT molecular complexity index is 1020. The maximum absolute atomic E-state index is 13.7. The van der Waals surface area contributed by atoms with E-state index < -0.39 is 11.7 Å². The van der Waals surface area contributed by atoms with Crippen LogP contribution in [0.25, 0.3) is 0 Å². The summed E-state index contributed by atoms with van der Waals surface area (Å²) in [7, 11) is 0. The van der Waals surface area contributed by atoms with Gasteiger partial charge in [0, 0.05) is 11.4 Å². The summed E-state index contributed by atoms with van der Waals surface area (Å²) in [5, 5.41) is 9.59. The summed E-state index contributed by atoms with van der Waals surface area (Å²) in [6.07, 6.45) is 0. The number of carbonyl (C=O) groups is 1. The van der Waals surface area contributed by atoms with E-state index in [-0.39, 0.29) is 11.6 Å². The first-order valence-electron chi connectivity index (χ1n) is 9.23. The van der Waals surface area contributed by atoms with Crippen LogP contribution in [0.2, 0.25) is 0 Å². The Morgan fingerprint density at radius 3 is 2.14 bits per heavy atom. The van der Waals surface area contributed by atoms with E-state index in [1.807, 2.05) is 12.1 Å². The minimum absolute atomic E-state index is 0.00488. The Labute approximate surface area is 175 Å². The number of nitrogens with one attached hydrogen (secondary N) is 3. The minimum Gasteiger partial charge on any atom is -0.356 e. The number of halogens is 1. The van der Waals surface area contributed by atoms with E-state index in [0.717, 1.165) is 5.69 Å². The van der Waals surface area contributed by atoms with Crippen molar-refractivity contribution >= 4 is 34.6 Å². The van der Waals surface area contributed by atoms with E-state index in [1.54, 1.807) is 36.4 Å². The summed E-state index contributed by atoms with van der Waals surface area (Å²) >= 11 is 5.40. The molecule has 3 aromatic carbocycles. The number of carbonyl (C=O) groups excluding carboxylic acids is 1. The molecule has 0 heterocycles. The first kappa shape index (κ1) is 20.5. The van der Waals surface area contributed by atoms with Crippen LogP contribution in [0.15, 0.2) is 72.8 Å². The zero-order valence-corrected chi connectivity index (χ0v) is 17.0. The summed E-state index contributed by atoms with van der Waals surface area (Å²) in [5.74, 6) is -1.05. The van der Waals surface area contributed by atoms with Crippen LogP contribution in [0.3, 0.4) is 0 Å². The first-order valence-corrected chi connectivity index (χ1v) is 9.64. The lowest BCUT2D eigenvalue weighted by Gasteiger charge is -2.19. The zero-order chi connectivity index (χ0) is 20.8. The van der Waals surface area contributed by atoms with Crippen molar-refractivity contribution in [3.8, 4) is 0 Å². The van der Waals surface area contributed by atoms with Crippen LogP contribution in [0.1, 0.15) is 34.5 Å². The largest absolute Gasteiger partial charge is 0.356 e. The van der Waals surface area contributed by atoms with Crippen molar-refractivity contribution in [2.24, 2.45) is 0 Å². The van der Waals surface area contributed by atoms with Crippen molar-refractivity contribution in [2.75, 3.05) is 10.6 Å². The maximum atomic E-state index is 13.7. The molecule has 1 unspecified atom stereocenters. The van der Waals surface area contributed by atoms with E-state index in [0.29, 0.717) is 10.8 Å². The van der Waals surface area contributed by atoms with E-state index in [4.69, 9.17) is 12.2 Å². The van der Waals surface area contributed by atoms with E-state index in [2.05, 4.69) is 41.9 Å². The summed E-state index contributed by atoms with van der Waals surface area (Å²) in [4.78, 5) is 12.2. The predicted molar refractivity (Wildman–Crippen MR) is 120 cm³/mol. The lowest BCUT2D eigenvalue weighted by Crippen LogP contribution is -2.31. The van der Waals surface area contributed by atoms with Gasteiger partial charge in [0.05, 0.1) is 11.6 Å². The molecular formula is C23H22FN3OS. The Hall–Kier alpha value is -3.25. The lowest BCUT2D eigenvalue weighted by atomic mass is 10.0. The number of hydrogen-bond donors (Lipinski definition) is 3. The third-order valence-electron chi connectivity index (χ3n) is 4.52. The van der Waals surface area contributed by atoms with Gasteiger partial charge in [-0.15, -0.1) is 0 Å². The number of aryl methyl sites for hydroxylation is 1. The Kier molecular flexibility index (Phi) is 6.57. The first-order chi connectivity index (χ1) is 13.9. The van der Waals surface area contributed by atoms with Gasteiger partial charge in [-0.05, 0) is 73.6 Å². The SMILES string of the molecule is Cc1ccccc1C(C)NC(=S)Nc1ccc(NC(=O)c2ccccc2F)cc1. The molecule has 0 saturated heterocycles. The van der Waals surface area contributed by atoms with Crippen LogP contribution in [0.5, 0.6) is 0 Å². The quantitative estimate of drug-likeness (QED) is 0.494. The van der Waals surface area contributed by atoms with Crippen LogP contribution in [-0.4, -0.2) is 11.0 Å². The number of hydrogen-bond acceptors (Lipinski definition) is 2. The van der Waals surface area contributed by atoms with Crippen molar-refractivity contribution < 1.29 is 9.18 Å². The smallest absolute Gasteiger partial charge is 0.258 e. The molecule has 6 heteroatoms. The number of thiocarbonyl (C=S) groups is 1. The van der Waals surface area contributed by atoms with E-state index in [1.165, 1.54) is 23.3 Å². The molecular weight excluding hydrogens is 385 g/mol. The number of amides is 1. The van der Waals surface area contributed by atoms with Gasteiger partial charge in [-0.1, -0.05) is 36.4 Å². The second-order valence-electron chi connectivity index (χ2n) is 6.69. The molecule has 0 aliphatic carbocycles. The van der Waals surface area contributed by atoms with Gasteiger partial charge in [0.2, 0.25) is 0 Å². The second-order valence-corrected chi connectivity index (χ2v) is 7.10. The highest BCUT2D eigenvalue weighted by Crippen LogP contribution is 2.18. The molecule has 3 N–H and O–H groups in total. The molecule has 1 atom stereocenters. The molecule has 0 bridgehead atoms. The molecule has 0 aliphatic heterocycles. The highest BCUT2D eigenvalue weighted by Gasteiger charge is 2.11. The van der Waals surface area contributed by atoms with Gasteiger partial charge in [-0.2, -0.15) is 0 Å². The summed E-state index contributed by atoms with van der Waals surface area (Å²) in [5.41, 5.74) is 3.73. The van der Waals surface area contributed by atoms with Crippen LogP contribution >= 0.6 is 12.2 Å². The van der Waals surface area contributed by atoms with E-state index >= 15 is 0 Å². The van der Waals surface area contributed by atoms with Crippen LogP contribution in [0.4, 0.5) is 15.8 Å². The summed E-state index contributed by atoms with van der Waals surface area (Å²) in [6, 6.07) is 21.1. The molecule has 29 heavy (non-hydrogen) atoms. The third-order valence-corrected chi connectivity index (χ3v) is 4.74. The molecule has 3 aromatic rings. The fourth-order valence-corrected chi connectivity index (χ4v) is 3.29. The highest BCUT2D eigenvalue weighted by molar-refractivity contribution is 7.80. The average molecular weight is 408 g/mol. The van der Waals surface area contributed by atoms with Gasteiger partial charge >= 0.3 is 0 Å². The monoisotopic (exact) mass is 407 g/mol. The van der Waals surface area contributed by atoms with Gasteiger partial charge in [-0.25, -0.2) is 4.39 Å². The van der Waals surface area contributed by atoms with Crippen molar-refractivity contribution in [3.05, 3.63) is 95.3 Å². The topological polar surface area (TPSA) is 53.2 Å². The molecule has 0 fully saturated rings. The fourth-order valence-electron chi connectivity index (χ4n) is 2.99. The van der Waals surface area contributed by atoms with Gasteiger partial charge in [0.1, 0.15) is 5.82 Å². The Balaban J connectivity index is 1.57. The highest BCUT2D eigenvalue weighted by atomic mass is 32.1. The molecule has 0 saturated carbocycles. The van der Waals surface area contributed by atoms with Crippen molar-refractivity contribution in [2.45, 2.75) is 19.9 Å². The minimum atomic E-state index is -0.553. The van der Waals surface area contributed by atoms with Gasteiger partial charge in [-0.3, -0.25) is 4.79 Å². The molecule has 0 radical (unpaired) electrons. The molecule has 0 aromatic heterocycles. The Morgan fingerprint density at radius 1 is 0.897 bits per heavy atom. The fraction of sp³-hybridized carbons (Fsp3) is 0.130. The van der Waals surface area contributed by atoms with E-state index in [9.17, 15) is 9.18 Å². The molecule has 0 aliphatic rings. The normalized spacial score (nSPS) is 11.4. The molecule has 1 amide bonds. The number of benzene rings is 3. The maximum Gasteiger partial charge on any atom is 0.258 e. The standard InChI is InChI=1S/C23H22FN3OS/c1-15-7-3-4-8-19(15)16(2)25-23(29)27-18-13-11-17(12-14-18)26-22(28)20-9-5-6-10-21(20)24/h3-14,16H,1-2H3,(H,26,28)(H2,25,27,29). The third kappa shape index (κ3) is 5.39. The summed E-state index contributed by atoms with van der Waals surface area (Å²) < 4.78 is 13.7. The van der Waals surface area contributed by atoms with Gasteiger partial charge in [0.25, 0.3) is 5.91 Å². The molecule has 148 valence electrons. The lowest BCUT2D eigenvalue weighted by molar-refractivity contribution is 0.102. The van der Waals surface area contributed by atoms with Crippen molar-refractivity contribution in [1.29, 1.82) is 0 Å². The number of rotatable bonds is 5. The number of anilines is 2. The average Bonchev–Trinajstić information content (AvgIpc) is 2.70. The van der Waals surface area contributed by atoms with Gasteiger partial charge < -0.3 is 16.0 Å². The van der Waals surface area contributed by atoms with Crippen molar-refractivity contribution in [3.63, 3.8) is 0 Å². The zero-order valence-electron chi connectivity index (χ0n) is 16.2. The van der Waals surface area contributed by atoms with Gasteiger partial charge in [0.15, 0.2) is 5.11 Å². The second kappa shape index (κ2) is 9.30. The summed E-state index contributed by atoms with van der Waals surface area (Å²) in [6.45, 7) is 4.12. The molecule has 4 nitrogen and oxygen atoms in total. The van der Waals surface area contributed by atoms with Crippen LogP contribution in [-0.2, 0) is 0 Å². The predicted octanol–water partition coefficient (Wildman–Crippen LogP) is 5.43. The van der Waals surface area contributed by atoms with Crippen LogP contribution < -0.4 is 16.0 Å². The molecule has 3 rings (SSSR count).